The summed E-state index contributed by atoms with van der Waals surface area (Å²) in [6, 6.07) is 19.1. The Balaban J connectivity index is 1.57. The summed E-state index contributed by atoms with van der Waals surface area (Å²) in [6.07, 6.45) is 2.88. The Morgan fingerprint density at radius 3 is 2.20 bits per heavy atom. The Labute approximate surface area is 119 Å². The molecule has 0 atom stereocenters. The van der Waals surface area contributed by atoms with Crippen molar-refractivity contribution in [2.24, 2.45) is 0 Å². The molecule has 0 amide bonds. The standard InChI is InChI=1S/C17H18O3/c18-17(16-12-5-2-6-13-16)20-19-14-8-7-11-15-9-3-1-4-10-15/h1-6,9-10,12-13H,7-8,11,14H2. The molecule has 0 aliphatic rings. The minimum atomic E-state index is -0.450. The van der Waals surface area contributed by atoms with Gasteiger partial charge in [0.2, 0.25) is 0 Å². The van der Waals surface area contributed by atoms with Gasteiger partial charge in [-0.15, -0.1) is 0 Å². The third-order valence-corrected chi connectivity index (χ3v) is 2.93. The van der Waals surface area contributed by atoms with Crippen LogP contribution in [0.5, 0.6) is 0 Å². The van der Waals surface area contributed by atoms with E-state index in [-0.39, 0.29) is 0 Å². The lowest BCUT2D eigenvalue weighted by atomic mass is 10.1. The molecule has 0 fully saturated rings. The average molecular weight is 270 g/mol. The number of unbranched alkanes of at least 4 members (excludes halogenated alkanes) is 1. The maximum atomic E-state index is 11.6. The largest absolute Gasteiger partial charge is 0.373 e. The highest BCUT2D eigenvalue weighted by Crippen LogP contribution is 2.05. The van der Waals surface area contributed by atoms with Gasteiger partial charge in [0, 0.05) is 0 Å². The fraction of sp³-hybridized carbons (Fsp3) is 0.235. The molecule has 0 aromatic heterocycles. The van der Waals surface area contributed by atoms with E-state index in [1.54, 1.807) is 24.3 Å². The first-order valence-corrected chi connectivity index (χ1v) is 6.79. The first-order chi connectivity index (χ1) is 9.86. The number of hydrogen-bond acceptors (Lipinski definition) is 3. The lowest BCUT2D eigenvalue weighted by Crippen LogP contribution is -2.06. The van der Waals surface area contributed by atoms with E-state index >= 15 is 0 Å². The fourth-order valence-electron chi connectivity index (χ4n) is 1.85. The number of hydrogen-bond donors (Lipinski definition) is 0. The lowest BCUT2D eigenvalue weighted by molar-refractivity contribution is -0.241. The van der Waals surface area contributed by atoms with Gasteiger partial charge in [0.25, 0.3) is 0 Å². The van der Waals surface area contributed by atoms with E-state index in [9.17, 15) is 4.79 Å². The molecule has 3 heteroatoms. The molecular formula is C17H18O3. The summed E-state index contributed by atoms with van der Waals surface area (Å²) in [5, 5.41) is 0. The lowest BCUT2D eigenvalue weighted by Gasteiger charge is -2.04. The Morgan fingerprint density at radius 2 is 1.50 bits per heavy atom. The van der Waals surface area contributed by atoms with E-state index in [1.807, 2.05) is 24.3 Å². The second-order valence-electron chi connectivity index (χ2n) is 4.50. The monoisotopic (exact) mass is 270 g/mol. The predicted octanol–water partition coefficient (Wildman–Crippen LogP) is 3.80. The molecule has 0 aliphatic carbocycles. The molecule has 2 aromatic rings. The molecule has 104 valence electrons. The zero-order valence-electron chi connectivity index (χ0n) is 11.3. The van der Waals surface area contributed by atoms with E-state index in [0.717, 1.165) is 19.3 Å². The van der Waals surface area contributed by atoms with E-state index in [0.29, 0.717) is 12.2 Å². The molecule has 0 saturated carbocycles. The Hall–Kier alpha value is -2.13. The van der Waals surface area contributed by atoms with Crippen LogP contribution in [0.15, 0.2) is 60.7 Å². The number of benzene rings is 2. The number of rotatable bonds is 7. The summed E-state index contributed by atoms with van der Waals surface area (Å²) in [5.41, 5.74) is 1.81. The Bertz CT molecular complexity index is 508. The van der Waals surface area contributed by atoms with Gasteiger partial charge in [-0.05, 0) is 37.0 Å². The first-order valence-electron chi connectivity index (χ1n) is 6.79. The third kappa shape index (κ3) is 4.86. The van der Waals surface area contributed by atoms with Crippen LogP contribution < -0.4 is 0 Å². The van der Waals surface area contributed by atoms with Crippen LogP contribution >= 0.6 is 0 Å². The Kier molecular flexibility index (Phi) is 5.80. The molecule has 0 heterocycles. The van der Waals surface area contributed by atoms with Crippen LogP contribution in [0, 0.1) is 0 Å². The molecule has 2 aromatic carbocycles. The molecule has 0 radical (unpaired) electrons. The van der Waals surface area contributed by atoms with Crippen LogP contribution in [0.4, 0.5) is 0 Å². The van der Waals surface area contributed by atoms with Crippen LogP contribution in [-0.4, -0.2) is 12.6 Å². The molecule has 0 bridgehead atoms. The molecule has 3 nitrogen and oxygen atoms in total. The van der Waals surface area contributed by atoms with E-state index in [2.05, 4.69) is 12.1 Å². The topological polar surface area (TPSA) is 35.5 Å². The van der Waals surface area contributed by atoms with Crippen molar-refractivity contribution in [2.75, 3.05) is 6.61 Å². The highest BCUT2D eigenvalue weighted by atomic mass is 17.2. The van der Waals surface area contributed by atoms with Crippen molar-refractivity contribution < 1.29 is 14.6 Å². The van der Waals surface area contributed by atoms with E-state index < -0.39 is 5.97 Å². The van der Waals surface area contributed by atoms with Gasteiger partial charge in [0.15, 0.2) is 0 Å². The minimum Gasteiger partial charge on any atom is -0.293 e. The maximum Gasteiger partial charge on any atom is 0.373 e. The van der Waals surface area contributed by atoms with Crippen molar-refractivity contribution >= 4 is 5.97 Å². The van der Waals surface area contributed by atoms with Crippen molar-refractivity contribution in [2.45, 2.75) is 19.3 Å². The number of carbonyl (C=O) groups excluding carboxylic acids is 1. The van der Waals surface area contributed by atoms with Crippen LogP contribution in [0.3, 0.4) is 0 Å². The summed E-state index contributed by atoms with van der Waals surface area (Å²) in [7, 11) is 0. The second kappa shape index (κ2) is 8.12. The van der Waals surface area contributed by atoms with Crippen LogP contribution in [0.1, 0.15) is 28.8 Å². The molecule has 20 heavy (non-hydrogen) atoms. The van der Waals surface area contributed by atoms with Crippen LogP contribution in [-0.2, 0) is 16.2 Å². The van der Waals surface area contributed by atoms with Crippen molar-refractivity contribution in [3.05, 3.63) is 71.8 Å². The highest BCUT2D eigenvalue weighted by molar-refractivity contribution is 5.88. The van der Waals surface area contributed by atoms with Crippen molar-refractivity contribution in [1.29, 1.82) is 0 Å². The maximum absolute atomic E-state index is 11.6. The third-order valence-electron chi connectivity index (χ3n) is 2.93. The summed E-state index contributed by atoms with van der Waals surface area (Å²) in [6.45, 7) is 0.422. The molecular weight excluding hydrogens is 252 g/mol. The second-order valence-corrected chi connectivity index (χ2v) is 4.50. The molecule has 0 spiro atoms. The summed E-state index contributed by atoms with van der Waals surface area (Å²) < 4.78 is 0. The molecule has 2 rings (SSSR count). The molecule has 0 N–H and O–H groups in total. The Morgan fingerprint density at radius 1 is 0.850 bits per heavy atom. The van der Waals surface area contributed by atoms with Gasteiger partial charge < -0.3 is 0 Å². The van der Waals surface area contributed by atoms with Gasteiger partial charge in [-0.25, -0.2) is 4.79 Å². The summed E-state index contributed by atoms with van der Waals surface area (Å²) >= 11 is 0. The van der Waals surface area contributed by atoms with Gasteiger partial charge in [0.05, 0.1) is 12.2 Å². The van der Waals surface area contributed by atoms with Crippen molar-refractivity contribution in [3.63, 3.8) is 0 Å². The molecule has 0 saturated heterocycles. The predicted molar refractivity (Wildman–Crippen MR) is 77.2 cm³/mol. The van der Waals surface area contributed by atoms with Gasteiger partial charge >= 0.3 is 5.97 Å². The highest BCUT2D eigenvalue weighted by Gasteiger charge is 2.06. The summed E-state index contributed by atoms with van der Waals surface area (Å²) in [4.78, 5) is 21.2. The average Bonchev–Trinajstić information content (AvgIpc) is 2.52. The number of carbonyl (C=O) groups is 1. The van der Waals surface area contributed by atoms with Gasteiger partial charge in [-0.2, -0.15) is 4.89 Å². The molecule has 0 unspecified atom stereocenters. The van der Waals surface area contributed by atoms with Crippen LogP contribution in [0.2, 0.25) is 0 Å². The van der Waals surface area contributed by atoms with E-state index in [4.69, 9.17) is 9.78 Å². The van der Waals surface area contributed by atoms with Crippen molar-refractivity contribution in [3.8, 4) is 0 Å². The quantitative estimate of drug-likeness (QED) is 0.436. The van der Waals surface area contributed by atoms with Gasteiger partial charge in [-0.1, -0.05) is 48.5 Å². The zero-order valence-corrected chi connectivity index (χ0v) is 11.3. The van der Waals surface area contributed by atoms with Crippen LogP contribution in [0.25, 0.3) is 0 Å². The number of aryl methyl sites for hydroxylation is 1. The summed E-state index contributed by atoms with van der Waals surface area (Å²) in [5.74, 6) is -0.450. The van der Waals surface area contributed by atoms with E-state index in [1.165, 1.54) is 5.56 Å². The molecule has 0 aliphatic heterocycles. The fourth-order valence-corrected chi connectivity index (χ4v) is 1.85. The zero-order chi connectivity index (χ0) is 14.0. The van der Waals surface area contributed by atoms with Crippen molar-refractivity contribution in [1.82, 2.24) is 0 Å². The SMILES string of the molecule is O=C(OOCCCCc1ccccc1)c1ccccc1. The first kappa shape index (κ1) is 14.3. The normalized spacial score (nSPS) is 10.2. The van der Waals surface area contributed by atoms with Gasteiger partial charge in [0.1, 0.15) is 0 Å². The minimum absolute atomic E-state index is 0.422. The van der Waals surface area contributed by atoms with Gasteiger partial charge in [-0.3, -0.25) is 4.89 Å². The smallest absolute Gasteiger partial charge is 0.293 e.